The van der Waals surface area contributed by atoms with Crippen LogP contribution in [0.4, 0.5) is 0 Å². The van der Waals surface area contributed by atoms with Crippen LogP contribution in [0.15, 0.2) is 30.5 Å². The maximum absolute atomic E-state index is 3.58. The second-order valence-corrected chi connectivity index (χ2v) is 5.11. The highest BCUT2D eigenvalue weighted by atomic mass is 14.9. The predicted molar refractivity (Wildman–Crippen MR) is 72.2 cm³/mol. The summed E-state index contributed by atoms with van der Waals surface area (Å²) in [5.41, 5.74) is 2.68. The van der Waals surface area contributed by atoms with Crippen molar-refractivity contribution in [1.29, 1.82) is 0 Å². The number of H-pyrrole nitrogens is 1. The normalized spacial score (nSPS) is 16.2. The van der Waals surface area contributed by atoms with Crippen LogP contribution < -0.4 is 5.32 Å². The van der Waals surface area contributed by atoms with Gasteiger partial charge in [-0.15, -0.1) is 0 Å². The van der Waals surface area contributed by atoms with Crippen LogP contribution >= 0.6 is 0 Å². The summed E-state index contributed by atoms with van der Waals surface area (Å²) in [4.78, 5) is 3.33. The number of rotatable bonds is 5. The van der Waals surface area contributed by atoms with Crippen molar-refractivity contribution in [2.45, 2.75) is 25.7 Å². The van der Waals surface area contributed by atoms with Gasteiger partial charge in [0.2, 0.25) is 0 Å². The number of benzene rings is 1. The molecule has 0 bridgehead atoms. The third-order valence-electron chi connectivity index (χ3n) is 3.90. The van der Waals surface area contributed by atoms with E-state index in [0.717, 1.165) is 18.9 Å². The quantitative estimate of drug-likeness (QED) is 0.756. The van der Waals surface area contributed by atoms with Crippen molar-refractivity contribution in [3.63, 3.8) is 0 Å². The van der Waals surface area contributed by atoms with E-state index in [0.29, 0.717) is 0 Å². The van der Waals surface area contributed by atoms with Crippen LogP contribution in [0.25, 0.3) is 10.9 Å². The van der Waals surface area contributed by atoms with Gasteiger partial charge in [0, 0.05) is 17.1 Å². The van der Waals surface area contributed by atoms with Crippen LogP contribution in [0.5, 0.6) is 0 Å². The number of fused-ring (bicyclic) bond motifs is 1. The minimum Gasteiger partial charge on any atom is -0.361 e. The fourth-order valence-electron chi connectivity index (χ4n) is 2.56. The molecule has 0 atom stereocenters. The van der Waals surface area contributed by atoms with Crippen molar-refractivity contribution in [1.82, 2.24) is 10.3 Å². The monoisotopic (exact) mass is 228 g/mol. The molecule has 2 heteroatoms. The van der Waals surface area contributed by atoms with E-state index in [9.17, 15) is 0 Å². The fraction of sp³-hybridized carbons (Fsp3) is 0.467. The lowest BCUT2D eigenvalue weighted by Gasteiger charge is -2.25. The molecule has 90 valence electrons. The SMILES string of the molecule is c1ccc2c(CCNCC3CCC3)c[nH]c2c1. The van der Waals surface area contributed by atoms with E-state index in [1.807, 2.05) is 0 Å². The standard InChI is InChI=1S/C15H20N2/c1-2-7-15-14(6-1)13(11-17-15)8-9-16-10-12-4-3-5-12/h1-2,6-7,11-12,16-17H,3-5,8-10H2. The molecule has 0 spiro atoms. The largest absolute Gasteiger partial charge is 0.361 e. The molecule has 1 fully saturated rings. The molecule has 1 aliphatic rings. The average Bonchev–Trinajstić information content (AvgIpc) is 2.70. The molecule has 1 aliphatic carbocycles. The first-order chi connectivity index (χ1) is 8.43. The third kappa shape index (κ3) is 2.37. The summed E-state index contributed by atoms with van der Waals surface area (Å²) in [7, 11) is 0. The summed E-state index contributed by atoms with van der Waals surface area (Å²) in [6.07, 6.45) is 7.57. The number of nitrogens with one attached hydrogen (secondary N) is 2. The molecule has 0 radical (unpaired) electrons. The molecule has 2 N–H and O–H groups in total. The molecule has 0 aliphatic heterocycles. The summed E-state index contributed by atoms with van der Waals surface area (Å²) >= 11 is 0. The Hall–Kier alpha value is -1.28. The van der Waals surface area contributed by atoms with E-state index in [-0.39, 0.29) is 0 Å². The smallest absolute Gasteiger partial charge is 0.0456 e. The van der Waals surface area contributed by atoms with Crippen LogP contribution in [-0.2, 0) is 6.42 Å². The molecular formula is C15H20N2. The van der Waals surface area contributed by atoms with Gasteiger partial charge in [-0.3, -0.25) is 0 Å². The lowest BCUT2D eigenvalue weighted by atomic mass is 9.85. The molecule has 1 saturated carbocycles. The molecule has 17 heavy (non-hydrogen) atoms. The van der Waals surface area contributed by atoms with Gasteiger partial charge in [0.05, 0.1) is 0 Å². The van der Waals surface area contributed by atoms with Gasteiger partial charge in [0.25, 0.3) is 0 Å². The Morgan fingerprint density at radius 1 is 1.24 bits per heavy atom. The Morgan fingerprint density at radius 2 is 2.12 bits per heavy atom. The zero-order chi connectivity index (χ0) is 11.5. The number of aromatic amines is 1. The molecule has 1 heterocycles. The second kappa shape index (κ2) is 4.92. The van der Waals surface area contributed by atoms with E-state index in [2.05, 4.69) is 40.8 Å². The Bertz CT molecular complexity index is 482. The molecule has 0 unspecified atom stereocenters. The van der Waals surface area contributed by atoms with E-state index in [4.69, 9.17) is 0 Å². The zero-order valence-electron chi connectivity index (χ0n) is 10.2. The molecule has 1 aromatic heterocycles. The number of hydrogen-bond acceptors (Lipinski definition) is 1. The Balaban J connectivity index is 1.53. The van der Waals surface area contributed by atoms with Crippen molar-refractivity contribution < 1.29 is 0 Å². The Morgan fingerprint density at radius 3 is 2.94 bits per heavy atom. The summed E-state index contributed by atoms with van der Waals surface area (Å²) in [6, 6.07) is 8.53. The lowest BCUT2D eigenvalue weighted by Crippen LogP contribution is -2.28. The highest BCUT2D eigenvalue weighted by molar-refractivity contribution is 5.83. The first kappa shape index (κ1) is 10.8. The molecule has 0 saturated heterocycles. The van der Waals surface area contributed by atoms with Gasteiger partial charge < -0.3 is 10.3 Å². The lowest BCUT2D eigenvalue weighted by molar-refractivity contribution is 0.303. The van der Waals surface area contributed by atoms with Crippen molar-refractivity contribution in [3.8, 4) is 0 Å². The minimum absolute atomic E-state index is 0.956. The van der Waals surface area contributed by atoms with E-state index < -0.39 is 0 Å². The van der Waals surface area contributed by atoms with Gasteiger partial charge in [0.15, 0.2) is 0 Å². The molecule has 0 amide bonds. The number of hydrogen-bond donors (Lipinski definition) is 2. The maximum atomic E-state index is 3.58. The molecule has 3 rings (SSSR count). The predicted octanol–water partition coefficient (Wildman–Crippen LogP) is 3.10. The van der Waals surface area contributed by atoms with Crippen molar-refractivity contribution in [2.75, 3.05) is 13.1 Å². The van der Waals surface area contributed by atoms with Crippen LogP contribution in [0.3, 0.4) is 0 Å². The summed E-state index contributed by atoms with van der Waals surface area (Å²) in [6.45, 7) is 2.31. The average molecular weight is 228 g/mol. The maximum Gasteiger partial charge on any atom is 0.0456 e. The summed E-state index contributed by atoms with van der Waals surface area (Å²) in [5, 5.41) is 4.95. The summed E-state index contributed by atoms with van der Waals surface area (Å²) < 4.78 is 0. The molecule has 2 nitrogen and oxygen atoms in total. The highest BCUT2D eigenvalue weighted by Crippen LogP contribution is 2.25. The van der Waals surface area contributed by atoms with Crippen LogP contribution in [0.1, 0.15) is 24.8 Å². The first-order valence-corrected chi connectivity index (χ1v) is 6.69. The summed E-state index contributed by atoms with van der Waals surface area (Å²) in [5.74, 6) is 0.956. The van der Waals surface area contributed by atoms with Crippen LogP contribution in [-0.4, -0.2) is 18.1 Å². The zero-order valence-corrected chi connectivity index (χ0v) is 10.2. The molecular weight excluding hydrogens is 208 g/mol. The highest BCUT2D eigenvalue weighted by Gasteiger charge is 2.16. The Labute approximate surface area is 102 Å². The third-order valence-corrected chi connectivity index (χ3v) is 3.90. The minimum atomic E-state index is 0.956. The number of para-hydroxylation sites is 1. The topological polar surface area (TPSA) is 27.8 Å². The van der Waals surface area contributed by atoms with Gasteiger partial charge in [-0.05, 0) is 49.9 Å². The van der Waals surface area contributed by atoms with Crippen molar-refractivity contribution >= 4 is 10.9 Å². The van der Waals surface area contributed by atoms with Gasteiger partial charge in [0.1, 0.15) is 0 Å². The van der Waals surface area contributed by atoms with E-state index in [1.54, 1.807) is 0 Å². The van der Waals surface area contributed by atoms with Crippen molar-refractivity contribution in [2.24, 2.45) is 5.92 Å². The molecule has 1 aromatic carbocycles. The molecule has 2 aromatic rings. The van der Waals surface area contributed by atoms with E-state index in [1.165, 1.54) is 42.3 Å². The van der Waals surface area contributed by atoms with E-state index >= 15 is 0 Å². The van der Waals surface area contributed by atoms with Gasteiger partial charge in [-0.25, -0.2) is 0 Å². The fourth-order valence-corrected chi connectivity index (χ4v) is 2.56. The number of aromatic nitrogens is 1. The van der Waals surface area contributed by atoms with Gasteiger partial charge in [-0.2, -0.15) is 0 Å². The van der Waals surface area contributed by atoms with Crippen molar-refractivity contribution in [3.05, 3.63) is 36.0 Å². The van der Waals surface area contributed by atoms with Crippen LogP contribution in [0.2, 0.25) is 0 Å². The van der Waals surface area contributed by atoms with Crippen LogP contribution in [0, 0.1) is 5.92 Å². The second-order valence-electron chi connectivity index (χ2n) is 5.11. The first-order valence-electron chi connectivity index (χ1n) is 6.69. The van der Waals surface area contributed by atoms with Gasteiger partial charge in [-0.1, -0.05) is 24.6 Å². The Kier molecular flexibility index (Phi) is 3.14. The van der Waals surface area contributed by atoms with Gasteiger partial charge >= 0.3 is 0 Å².